The summed E-state index contributed by atoms with van der Waals surface area (Å²) in [5, 5.41) is 44.0. The van der Waals surface area contributed by atoms with Gasteiger partial charge in [0, 0.05) is 89.4 Å². The molecule has 1 aromatic carbocycles. The quantitative estimate of drug-likeness (QED) is 0.0184. The highest BCUT2D eigenvalue weighted by atomic mass is 16.6. The molecule has 38 nitrogen and oxygen atoms in total. The summed E-state index contributed by atoms with van der Waals surface area (Å²) in [5.41, 5.74) is -11.4. The van der Waals surface area contributed by atoms with Crippen molar-refractivity contribution >= 4 is 83.5 Å². The predicted octanol–water partition coefficient (Wildman–Crippen LogP) is 14.6. The number of anilines is 1. The first-order chi connectivity index (χ1) is 69.3. The van der Waals surface area contributed by atoms with Crippen molar-refractivity contribution in [2.75, 3.05) is 164 Å². The molecule has 148 heavy (non-hydrogen) atoms. The third kappa shape index (κ3) is 41.0. The van der Waals surface area contributed by atoms with E-state index in [9.17, 15) is 78.0 Å². The number of para-hydroxylation sites is 1. The maximum atomic E-state index is 13.7. The molecule has 0 saturated carbocycles. The van der Waals surface area contributed by atoms with Gasteiger partial charge < -0.3 is 117 Å². The van der Waals surface area contributed by atoms with E-state index in [1.165, 1.54) is 27.7 Å². The Bertz CT molecular complexity index is 4270. The van der Waals surface area contributed by atoms with Crippen LogP contribution in [0.4, 0.5) is 5.69 Å². The molecule has 2 aromatic rings. The van der Waals surface area contributed by atoms with Crippen molar-refractivity contribution in [1.82, 2.24) is 15.3 Å². The topological polar surface area (TPSA) is 516 Å². The fourth-order valence-electron chi connectivity index (χ4n) is 16.4. The van der Waals surface area contributed by atoms with E-state index in [0.29, 0.717) is 64.6 Å². The van der Waals surface area contributed by atoms with E-state index in [-0.39, 0.29) is 132 Å². The van der Waals surface area contributed by atoms with Crippen molar-refractivity contribution in [1.29, 1.82) is 0 Å². The Balaban J connectivity index is 0.00000195. The van der Waals surface area contributed by atoms with Crippen LogP contribution in [0.5, 0.6) is 0 Å². The van der Waals surface area contributed by atoms with Crippen LogP contribution in [0.25, 0.3) is 0 Å². The number of likely N-dealkylation sites (N-methyl/N-ethyl adjacent to an activating group) is 1. The van der Waals surface area contributed by atoms with Crippen molar-refractivity contribution in [3.05, 3.63) is 60.3 Å². The number of aromatic nitrogens is 2. The van der Waals surface area contributed by atoms with E-state index < -0.39 is 161 Å². The second-order valence-electron chi connectivity index (χ2n) is 41.9. The van der Waals surface area contributed by atoms with Gasteiger partial charge in [-0.25, -0.2) is 4.98 Å². The van der Waals surface area contributed by atoms with Crippen LogP contribution in [-0.2, 0) is 140 Å². The van der Waals surface area contributed by atoms with E-state index in [1.807, 2.05) is 70.0 Å². The van der Waals surface area contributed by atoms with Gasteiger partial charge in [0.25, 0.3) is 0 Å². The first-order valence-electron chi connectivity index (χ1n) is 52.8. The predicted molar refractivity (Wildman–Crippen MR) is 561 cm³/mol. The van der Waals surface area contributed by atoms with Gasteiger partial charge in [-0.15, -0.1) is 0 Å². The molecule has 1 aliphatic rings. The fraction of sp³-hybridized carbons (Fsp3) is 0.782. The van der Waals surface area contributed by atoms with Crippen LogP contribution >= 0.6 is 0 Å². The molecule has 38 heteroatoms. The number of unbranched alkanes of at least 4 members (excludes halogenated alkanes) is 12. The number of aliphatic hydroxyl groups excluding tert-OH is 4. The molecule has 0 spiro atoms. The monoisotopic (exact) mass is 2110 g/mol. The smallest absolute Gasteiger partial charge is 0.314 e. The van der Waals surface area contributed by atoms with Gasteiger partial charge in [-0.1, -0.05) is 123 Å². The maximum Gasteiger partial charge on any atom is 0.314 e. The normalized spacial score (nSPS) is 14.9. The van der Waals surface area contributed by atoms with E-state index >= 15 is 0 Å². The molecule has 1 aromatic heterocycles. The zero-order valence-corrected chi connectivity index (χ0v) is 95.1. The van der Waals surface area contributed by atoms with Gasteiger partial charge in [-0.05, 0) is 210 Å². The van der Waals surface area contributed by atoms with E-state index in [1.54, 1.807) is 135 Å². The minimum atomic E-state index is -1.66. The molecule has 2 heterocycles. The first-order valence-corrected chi connectivity index (χ1v) is 52.8. The van der Waals surface area contributed by atoms with Gasteiger partial charge in [0.2, 0.25) is 0 Å². The minimum Gasteiger partial charge on any atom is -0.465 e. The molecule has 0 aliphatic carbocycles. The van der Waals surface area contributed by atoms with Gasteiger partial charge in [-0.2, -0.15) is 0 Å². The molecule has 0 saturated heterocycles. The highest BCUT2D eigenvalue weighted by Gasteiger charge is 2.69. The lowest BCUT2D eigenvalue weighted by molar-refractivity contribution is -0.199. The number of aliphatic imine (C=N–C) groups is 1. The van der Waals surface area contributed by atoms with Crippen LogP contribution in [-0.4, -0.2) is 292 Å². The van der Waals surface area contributed by atoms with Crippen molar-refractivity contribution < 1.29 is 154 Å². The number of allylic oxidation sites excluding steroid dienone is 1. The maximum absolute atomic E-state index is 13.7. The average Bonchev–Trinajstić information content (AvgIpc) is 1.06. The van der Waals surface area contributed by atoms with Crippen molar-refractivity contribution in [2.45, 2.75) is 334 Å². The standard InChI is InChI=1S/C31H51NO8.C28H48N2O8.C27H46N2O8.C24H45NO8/c1-9-11-12-16-19-38-28(36)31(7,29(3,4)26(34)39-21-20-37-10-2)30(5,6)27(35)40-23-25(33)22-32(8)24-17-14-13-15-18-24;1-8-10-11-12-15-36-25(34)28(7,26(3,4)23(32)37-17-16-35-9-2)27(5,6)24(33)38-19-22(31)18-21-13-14-29-20-30-21;1-8-10-11-12-15-35-24(33)27(7,25(3,4)22(31)36-17-16-34-9-2)26(5,6)23(32)37-19-20(30)18-21-28-13-14-29-21;1-8-10-11-12-13-31-21(29)24(7,22(3,4)19(27)32-15-14-30-9-2)23(5,6)20(28)33-17-18(26)16-25/h13-15,17-18,25,33H,9-12,16,19-23H2,1-8H3;13-14,22,30-31H,8-12,15-20H2,1-7H3;13-14,20,30H,8-12,15-19H2,1-7H3,(H,28,29);18,26H,8-17,25H2,1-7H3. The van der Waals surface area contributed by atoms with Crippen molar-refractivity contribution in [3.8, 4) is 0 Å². The lowest BCUT2D eigenvalue weighted by atomic mass is 9.53. The number of nitrogens with zero attached hydrogens (tertiary/aromatic N) is 3. The number of aromatic amines is 1. The zero-order valence-electron chi connectivity index (χ0n) is 95.1. The molecule has 1 aliphatic heterocycles. The third-order valence-corrected chi connectivity index (χ3v) is 29.1. The van der Waals surface area contributed by atoms with Crippen LogP contribution in [0, 0.1) is 65.0 Å². The number of rotatable bonds is 72. The Hall–Kier alpha value is -9.28. The van der Waals surface area contributed by atoms with Gasteiger partial charge in [0.1, 0.15) is 77.6 Å². The minimum absolute atomic E-state index is 0.0160. The Morgan fingerprint density at radius 1 is 0.338 bits per heavy atom. The molecular weight excluding hydrogens is 1920 g/mol. The molecule has 8 N–H and O–H groups in total. The lowest BCUT2D eigenvalue weighted by Crippen LogP contribution is -2.59. The summed E-state index contributed by atoms with van der Waals surface area (Å²) >= 11 is 0. The summed E-state index contributed by atoms with van der Waals surface area (Å²) in [6, 6.07) is 9.52. The summed E-state index contributed by atoms with van der Waals surface area (Å²) in [4.78, 5) is 173. The van der Waals surface area contributed by atoms with Crippen molar-refractivity contribution in [3.63, 3.8) is 0 Å². The number of benzene rings is 1. The number of ether oxygens (including phenoxy) is 16. The molecule has 8 unspecified atom stereocenters. The van der Waals surface area contributed by atoms with E-state index in [0.717, 1.165) is 88.4 Å². The van der Waals surface area contributed by atoms with Crippen molar-refractivity contribution in [2.24, 2.45) is 75.7 Å². The summed E-state index contributed by atoms with van der Waals surface area (Å²) in [7, 11) is 1.83. The zero-order chi connectivity index (χ0) is 113. The Morgan fingerprint density at radius 2 is 0.601 bits per heavy atom. The summed E-state index contributed by atoms with van der Waals surface area (Å²) in [6.45, 7) is 49.7. The molecule has 852 valence electrons. The number of hydrogen-bond acceptors (Lipinski definition) is 37. The number of nitrogens with one attached hydrogen (secondary N) is 2. The first kappa shape index (κ1) is 139. The highest BCUT2D eigenvalue weighted by molar-refractivity contribution is 5.97. The summed E-state index contributed by atoms with van der Waals surface area (Å²) in [5.74, 6) is -7.76. The van der Waals surface area contributed by atoms with Crippen LogP contribution < -0.4 is 16.0 Å². The highest BCUT2D eigenvalue weighted by Crippen LogP contribution is 2.58. The number of esters is 12. The molecule has 0 amide bonds. The van der Waals surface area contributed by atoms with Gasteiger partial charge in [0.15, 0.2) is 0 Å². The Labute approximate surface area is 882 Å². The molecule has 0 radical (unpaired) electrons. The van der Waals surface area contributed by atoms with E-state index in [2.05, 4.69) is 48.0 Å². The van der Waals surface area contributed by atoms with Gasteiger partial charge in [0.05, 0.1) is 130 Å². The molecular formula is C110H190N6O32. The van der Waals surface area contributed by atoms with Crippen LogP contribution in [0.1, 0.15) is 309 Å². The second-order valence-corrected chi connectivity index (χ2v) is 41.9. The Morgan fingerprint density at radius 3 is 0.851 bits per heavy atom. The summed E-state index contributed by atoms with van der Waals surface area (Å²) in [6.07, 6.45) is 17.6. The number of aliphatic hydroxyl groups is 4. The number of carbonyl (C=O) groups is 12. The third-order valence-electron chi connectivity index (χ3n) is 29.1. The molecule has 3 rings (SSSR count). The number of imidazole rings is 1. The van der Waals surface area contributed by atoms with Crippen LogP contribution in [0.15, 0.2) is 59.5 Å². The number of hydrogen-bond donors (Lipinski definition) is 7. The second kappa shape index (κ2) is 69.3. The Kier molecular flexibility index (Phi) is 65.0. The fourth-order valence-corrected chi connectivity index (χ4v) is 16.4. The largest absolute Gasteiger partial charge is 0.465 e. The molecule has 8 atom stereocenters. The van der Waals surface area contributed by atoms with E-state index in [4.69, 9.17) is 81.5 Å². The lowest BCUT2D eigenvalue weighted by Gasteiger charge is -2.48. The number of H-pyrrole nitrogens is 1. The van der Waals surface area contributed by atoms with Gasteiger partial charge >= 0.3 is 71.6 Å². The van der Waals surface area contributed by atoms with Gasteiger partial charge in [-0.3, -0.25) is 62.5 Å². The SMILES string of the molecule is CCCCCCOC(=O)C(C)(C(C)(C)C(=O)OCCOCC)C(C)(C)C(=O)OCC(O)CC1=CC=NCN1.CCCCCCOC(=O)C(C)(C(C)(C)C(=O)OCCOCC)C(C)(C)C(=O)OCC(O)CN.CCCCCCOC(=O)C(C)(C(C)(C)C(=O)OCCOCC)C(C)(C)C(=O)OCC(O)CN(C)c1ccccc1.CCCCCCOC(=O)C(C)(C(C)(C)C(=O)OCCOCC)C(C)(C)C(=O)OCC(O)Cc1ncc[nH]1. The molecule has 0 fully saturated rings. The van der Waals surface area contributed by atoms with Crippen LogP contribution in [0.2, 0.25) is 0 Å². The average molecular weight is 2110 g/mol. The summed E-state index contributed by atoms with van der Waals surface area (Å²) < 4.78 is 86.9. The van der Waals surface area contributed by atoms with Crippen LogP contribution in [0.3, 0.4) is 0 Å². The molecule has 0 bridgehead atoms. The number of carbonyl (C=O) groups excluding carboxylic acids is 12. The number of nitrogens with two attached hydrogens (primary N) is 1.